The van der Waals surface area contributed by atoms with E-state index >= 15 is 0 Å². The standard InChI is InChI=1S/C20H21FN2O5/c1-27-12-14-3-2-4-15(11-14)20(26)28-13-19(25)23(10-9-18(22)24)17-7-5-16(21)6-8-17/h2-8,11H,9-10,12-13H2,1H3,(H2,22,24). The molecule has 2 rings (SSSR count). The number of rotatable bonds is 9. The van der Waals surface area contributed by atoms with Gasteiger partial charge in [-0.1, -0.05) is 12.1 Å². The minimum absolute atomic E-state index is 0.0132. The third-order valence-electron chi connectivity index (χ3n) is 3.82. The van der Waals surface area contributed by atoms with Gasteiger partial charge < -0.3 is 20.1 Å². The van der Waals surface area contributed by atoms with Gasteiger partial charge in [-0.15, -0.1) is 0 Å². The van der Waals surface area contributed by atoms with Gasteiger partial charge in [0.2, 0.25) is 5.91 Å². The molecule has 0 heterocycles. The maximum atomic E-state index is 13.1. The number of methoxy groups -OCH3 is 1. The van der Waals surface area contributed by atoms with Gasteiger partial charge in [0.1, 0.15) is 5.82 Å². The maximum Gasteiger partial charge on any atom is 0.338 e. The van der Waals surface area contributed by atoms with E-state index in [9.17, 15) is 18.8 Å². The van der Waals surface area contributed by atoms with Crippen molar-refractivity contribution in [2.75, 3.05) is 25.2 Å². The van der Waals surface area contributed by atoms with Gasteiger partial charge in [0.25, 0.3) is 5.91 Å². The molecule has 0 aliphatic heterocycles. The molecular formula is C20H21FN2O5. The highest BCUT2D eigenvalue weighted by Crippen LogP contribution is 2.16. The Bertz CT molecular complexity index is 839. The second kappa shape index (κ2) is 10.2. The van der Waals surface area contributed by atoms with Gasteiger partial charge in [0.15, 0.2) is 6.61 Å². The van der Waals surface area contributed by atoms with Crippen LogP contribution in [0.1, 0.15) is 22.3 Å². The Labute approximate surface area is 161 Å². The molecule has 2 aromatic carbocycles. The van der Waals surface area contributed by atoms with Crippen molar-refractivity contribution in [2.45, 2.75) is 13.0 Å². The molecule has 0 radical (unpaired) electrons. The summed E-state index contributed by atoms with van der Waals surface area (Å²) in [4.78, 5) is 37.0. The first kappa shape index (κ1) is 21.0. The number of benzene rings is 2. The Hall–Kier alpha value is -3.26. The molecule has 28 heavy (non-hydrogen) atoms. The fourth-order valence-electron chi connectivity index (χ4n) is 2.48. The zero-order chi connectivity index (χ0) is 20.5. The van der Waals surface area contributed by atoms with E-state index in [1.807, 2.05) is 0 Å². The number of ether oxygens (including phenoxy) is 2. The van der Waals surface area contributed by atoms with Gasteiger partial charge in [-0.3, -0.25) is 9.59 Å². The van der Waals surface area contributed by atoms with Crippen molar-refractivity contribution < 1.29 is 28.2 Å². The van der Waals surface area contributed by atoms with Crippen LogP contribution in [-0.4, -0.2) is 38.0 Å². The van der Waals surface area contributed by atoms with Gasteiger partial charge in [-0.2, -0.15) is 0 Å². The first-order chi connectivity index (χ1) is 13.4. The van der Waals surface area contributed by atoms with Gasteiger partial charge in [0, 0.05) is 25.8 Å². The van der Waals surface area contributed by atoms with Crippen LogP contribution in [0, 0.1) is 5.82 Å². The number of hydrogen-bond donors (Lipinski definition) is 1. The van der Waals surface area contributed by atoms with Gasteiger partial charge >= 0.3 is 5.97 Å². The summed E-state index contributed by atoms with van der Waals surface area (Å²) >= 11 is 0. The van der Waals surface area contributed by atoms with E-state index in [1.165, 1.54) is 29.2 Å². The monoisotopic (exact) mass is 388 g/mol. The molecule has 0 aliphatic rings. The molecule has 2 N–H and O–H groups in total. The molecular weight excluding hydrogens is 367 g/mol. The molecule has 0 spiro atoms. The number of esters is 1. The van der Waals surface area contributed by atoms with Gasteiger partial charge in [-0.25, -0.2) is 9.18 Å². The minimum atomic E-state index is -0.666. The van der Waals surface area contributed by atoms with Crippen molar-refractivity contribution in [3.63, 3.8) is 0 Å². The average Bonchev–Trinajstić information content (AvgIpc) is 2.68. The third kappa shape index (κ3) is 6.17. The van der Waals surface area contributed by atoms with E-state index in [4.69, 9.17) is 15.2 Å². The van der Waals surface area contributed by atoms with Crippen molar-refractivity contribution >= 4 is 23.5 Å². The van der Waals surface area contributed by atoms with Gasteiger partial charge in [0.05, 0.1) is 12.2 Å². The number of nitrogens with zero attached hydrogens (tertiary/aromatic N) is 1. The molecule has 8 heteroatoms. The molecule has 0 fully saturated rings. The van der Waals surface area contributed by atoms with Crippen molar-refractivity contribution in [1.29, 1.82) is 0 Å². The number of carbonyl (C=O) groups is 3. The Morgan fingerprint density at radius 3 is 2.46 bits per heavy atom. The van der Waals surface area contributed by atoms with Crippen LogP contribution in [-0.2, 0) is 25.7 Å². The van der Waals surface area contributed by atoms with Crippen molar-refractivity contribution in [3.05, 3.63) is 65.5 Å². The summed E-state index contributed by atoms with van der Waals surface area (Å²) in [6.45, 7) is -0.213. The van der Waals surface area contributed by atoms with Crippen LogP contribution in [0.3, 0.4) is 0 Å². The Balaban J connectivity index is 2.05. The molecule has 2 aromatic rings. The zero-order valence-corrected chi connectivity index (χ0v) is 15.4. The van der Waals surface area contributed by atoms with E-state index in [1.54, 1.807) is 31.4 Å². The number of anilines is 1. The largest absolute Gasteiger partial charge is 0.452 e. The van der Waals surface area contributed by atoms with E-state index < -0.39 is 30.2 Å². The second-order valence-electron chi connectivity index (χ2n) is 5.95. The van der Waals surface area contributed by atoms with Crippen LogP contribution in [0.25, 0.3) is 0 Å². The molecule has 0 atom stereocenters. The predicted octanol–water partition coefficient (Wildman–Crippen LogP) is 2.04. The van der Waals surface area contributed by atoms with Gasteiger partial charge in [-0.05, 0) is 42.0 Å². The highest BCUT2D eigenvalue weighted by atomic mass is 19.1. The van der Waals surface area contributed by atoms with E-state index in [-0.39, 0.29) is 18.5 Å². The number of primary amides is 1. The first-order valence-electron chi connectivity index (χ1n) is 8.50. The summed E-state index contributed by atoms with van der Waals surface area (Å²) in [5, 5.41) is 0. The summed E-state index contributed by atoms with van der Waals surface area (Å²) in [6.07, 6.45) is -0.0872. The second-order valence-corrected chi connectivity index (χ2v) is 5.95. The van der Waals surface area contributed by atoms with Crippen LogP contribution < -0.4 is 10.6 Å². The molecule has 0 aromatic heterocycles. The van der Waals surface area contributed by atoms with E-state index in [2.05, 4.69) is 0 Å². The maximum absolute atomic E-state index is 13.1. The van der Waals surface area contributed by atoms with Crippen LogP contribution in [0.4, 0.5) is 10.1 Å². The van der Waals surface area contributed by atoms with Crippen LogP contribution in [0.15, 0.2) is 48.5 Å². The lowest BCUT2D eigenvalue weighted by Crippen LogP contribution is -2.37. The number of carbonyl (C=O) groups excluding carboxylic acids is 3. The number of amides is 2. The Morgan fingerprint density at radius 2 is 1.82 bits per heavy atom. The van der Waals surface area contributed by atoms with Crippen molar-refractivity contribution in [1.82, 2.24) is 0 Å². The molecule has 0 bridgehead atoms. The van der Waals surface area contributed by atoms with Crippen LogP contribution >= 0.6 is 0 Å². The number of nitrogens with two attached hydrogens (primary N) is 1. The summed E-state index contributed by atoms with van der Waals surface area (Å²) in [6, 6.07) is 11.8. The summed E-state index contributed by atoms with van der Waals surface area (Å²) in [5.41, 5.74) is 6.59. The Kier molecular flexibility index (Phi) is 7.65. The smallest absolute Gasteiger partial charge is 0.338 e. The van der Waals surface area contributed by atoms with Crippen LogP contribution in [0.5, 0.6) is 0 Å². The fourth-order valence-corrected chi connectivity index (χ4v) is 2.48. The molecule has 148 valence electrons. The van der Waals surface area contributed by atoms with Crippen molar-refractivity contribution in [2.24, 2.45) is 5.73 Å². The fraction of sp³-hybridized carbons (Fsp3) is 0.250. The molecule has 0 saturated carbocycles. The Morgan fingerprint density at radius 1 is 1.11 bits per heavy atom. The normalized spacial score (nSPS) is 10.4. The number of halogens is 1. The van der Waals surface area contributed by atoms with E-state index in [0.717, 1.165) is 5.56 Å². The summed E-state index contributed by atoms with van der Waals surface area (Å²) in [5.74, 6) is -2.28. The topological polar surface area (TPSA) is 98.9 Å². The molecule has 7 nitrogen and oxygen atoms in total. The quantitative estimate of drug-likeness (QED) is 0.663. The lowest BCUT2D eigenvalue weighted by Gasteiger charge is -2.22. The molecule has 0 saturated heterocycles. The SMILES string of the molecule is COCc1cccc(C(=O)OCC(=O)N(CCC(N)=O)c2ccc(F)cc2)c1. The zero-order valence-electron chi connectivity index (χ0n) is 15.4. The van der Waals surface area contributed by atoms with Crippen LogP contribution in [0.2, 0.25) is 0 Å². The molecule has 0 unspecified atom stereocenters. The number of hydrogen-bond acceptors (Lipinski definition) is 5. The predicted molar refractivity (Wildman–Crippen MR) is 100 cm³/mol. The molecule has 0 aliphatic carbocycles. The lowest BCUT2D eigenvalue weighted by atomic mass is 10.1. The summed E-state index contributed by atoms with van der Waals surface area (Å²) in [7, 11) is 1.54. The molecule has 2 amide bonds. The van der Waals surface area contributed by atoms with Crippen molar-refractivity contribution in [3.8, 4) is 0 Å². The lowest BCUT2D eigenvalue weighted by molar-refractivity contribution is -0.121. The minimum Gasteiger partial charge on any atom is -0.452 e. The average molecular weight is 388 g/mol. The highest BCUT2D eigenvalue weighted by Gasteiger charge is 2.19. The first-order valence-corrected chi connectivity index (χ1v) is 8.50. The highest BCUT2D eigenvalue weighted by molar-refractivity contribution is 5.97. The third-order valence-corrected chi connectivity index (χ3v) is 3.82. The van der Waals surface area contributed by atoms with E-state index in [0.29, 0.717) is 12.3 Å². The summed E-state index contributed by atoms with van der Waals surface area (Å²) < 4.78 is 23.3.